The zero-order valence-electron chi connectivity index (χ0n) is 11.7. The number of hydrogen-bond donors (Lipinski definition) is 1. The number of halogens is 1. The Labute approximate surface area is 131 Å². The molecule has 0 saturated heterocycles. The van der Waals surface area contributed by atoms with Crippen molar-refractivity contribution in [1.82, 2.24) is 0 Å². The van der Waals surface area contributed by atoms with Gasteiger partial charge >= 0.3 is 0 Å². The number of carbonyl (C=O) groups excluding carboxylic acids is 1. The van der Waals surface area contributed by atoms with Crippen LogP contribution in [-0.4, -0.2) is 5.91 Å². The minimum absolute atomic E-state index is 0.156. The van der Waals surface area contributed by atoms with Gasteiger partial charge in [-0.15, -0.1) is 0 Å². The Bertz CT molecular complexity index is 836. The van der Waals surface area contributed by atoms with Gasteiger partial charge < -0.3 is 9.73 Å². The molecule has 0 aliphatic heterocycles. The van der Waals surface area contributed by atoms with E-state index >= 15 is 0 Å². The molecule has 0 aliphatic carbocycles. The average molecular weight is 344 g/mol. The molecule has 3 aromatic rings. The lowest BCUT2D eigenvalue weighted by Gasteiger charge is -2.09. The number of anilines is 1. The van der Waals surface area contributed by atoms with Crippen LogP contribution in [0.25, 0.3) is 10.8 Å². The normalized spacial score (nSPS) is 10.8. The molecule has 0 unspecified atom stereocenters. The number of rotatable bonds is 2. The van der Waals surface area contributed by atoms with E-state index in [1.807, 2.05) is 43.3 Å². The Hall–Kier alpha value is -2.07. The van der Waals surface area contributed by atoms with Crippen molar-refractivity contribution in [2.24, 2.45) is 0 Å². The Morgan fingerprint density at radius 3 is 2.48 bits per heavy atom. The summed E-state index contributed by atoms with van der Waals surface area (Å²) in [7, 11) is 0. The molecular weight excluding hydrogens is 330 g/mol. The molecule has 4 heteroatoms. The van der Waals surface area contributed by atoms with Crippen LogP contribution in [0.1, 0.15) is 21.9 Å². The third kappa shape index (κ3) is 2.59. The van der Waals surface area contributed by atoms with E-state index in [-0.39, 0.29) is 5.91 Å². The number of carbonyl (C=O) groups is 1. The summed E-state index contributed by atoms with van der Waals surface area (Å²) in [6, 6.07) is 13.5. The molecule has 3 nitrogen and oxygen atoms in total. The first-order chi connectivity index (χ1) is 10.1. The highest BCUT2D eigenvalue weighted by Gasteiger charge is 2.15. The maximum Gasteiger partial charge on any atom is 0.259 e. The molecule has 106 valence electrons. The molecule has 0 radical (unpaired) electrons. The van der Waals surface area contributed by atoms with Gasteiger partial charge in [0, 0.05) is 15.5 Å². The number of hydrogen-bond acceptors (Lipinski definition) is 2. The van der Waals surface area contributed by atoms with E-state index in [1.54, 1.807) is 13.0 Å². The van der Waals surface area contributed by atoms with Crippen molar-refractivity contribution in [3.8, 4) is 0 Å². The van der Waals surface area contributed by atoms with E-state index in [1.165, 1.54) is 0 Å². The van der Waals surface area contributed by atoms with E-state index in [9.17, 15) is 4.79 Å². The first kappa shape index (κ1) is 13.9. The standard InChI is InChI=1S/C17H14BrNO2/c1-10-9-14(11(2)21-10)17(20)19-16-8-7-15(18)12-5-3-4-6-13(12)16/h3-9H,1-2H3,(H,19,20). The fraction of sp³-hybridized carbons (Fsp3) is 0.118. The topological polar surface area (TPSA) is 42.2 Å². The molecule has 1 aromatic heterocycles. The Morgan fingerprint density at radius 1 is 1.10 bits per heavy atom. The predicted octanol–water partition coefficient (Wildman–Crippen LogP) is 5.06. The second-order valence-electron chi connectivity index (χ2n) is 4.92. The second-order valence-corrected chi connectivity index (χ2v) is 5.78. The summed E-state index contributed by atoms with van der Waals surface area (Å²) in [5.41, 5.74) is 1.36. The molecule has 0 saturated carbocycles. The van der Waals surface area contributed by atoms with Gasteiger partial charge in [0.25, 0.3) is 5.91 Å². The van der Waals surface area contributed by atoms with Crippen LogP contribution in [0.3, 0.4) is 0 Å². The maximum atomic E-state index is 12.4. The molecule has 3 rings (SSSR count). The van der Waals surface area contributed by atoms with Gasteiger partial charge in [0.1, 0.15) is 11.5 Å². The van der Waals surface area contributed by atoms with Crippen molar-refractivity contribution < 1.29 is 9.21 Å². The van der Waals surface area contributed by atoms with Gasteiger partial charge in [-0.3, -0.25) is 4.79 Å². The number of fused-ring (bicyclic) bond motifs is 1. The third-order valence-electron chi connectivity index (χ3n) is 3.40. The molecular formula is C17H14BrNO2. The van der Waals surface area contributed by atoms with E-state index in [0.717, 1.165) is 26.7 Å². The van der Waals surface area contributed by atoms with Crippen LogP contribution in [0, 0.1) is 13.8 Å². The Kier molecular flexibility index (Phi) is 3.55. The summed E-state index contributed by atoms with van der Waals surface area (Å²) in [5, 5.41) is 5.03. The quantitative estimate of drug-likeness (QED) is 0.706. The number of amides is 1. The monoisotopic (exact) mass is 343 g/mol. The lowest BCUT2D eigenvalue weighted by atomic mass is 10.1. The van der Waals surface area contributed by atoms with Crippen molar-refractivity contribution in [2.45, 2.75) is 13.8 Å². The summed E-state index contributed by atoms with van der Waals surface area (Å²) in [5.74, 6) is 1.21. The van der Waals surface area contributed by atoms with Gasteiger partial charge in [-0.1, -0.05) is 40.2 Å². The molecule has 0 bridgehead atoms. The van der Waals surface area contributed by atoms with E-state index in [0.29, 0.717) is 11.3 Å². The minimum Gasteiger partial charge on any atom is -0.466 e. The molecule has 1 N–H and O–H groups in total. The average Bonchev–Trinajstić information content (AvgIpc) is 2.81. The van der Waals surface area contributed by atoms with Gasteiger partial charge in [-0.05, 0) is 37.4 Å². The van der Waals surface area contributed by atoms with Gasteiger partial charge in [0.05, 0.1) is 5.56 Å². The number of benzene rings is 2. The highest BCUT2D eigenvalue weighted by atomic mass is 79.9. The van der Waals surface area contributed by atoms with Crippen LogP contribution >= 0.6 is 15.9 Å². The van der Waals surface area contributed by atoms with E-state index in [4.69, 9.17) is 4.42 Å². The number of aryl methyl sites for hydroxylation is 2. The molecule has 2 aromatic carbocycles. The summed E-state index contributed by atoms with van der Waals surface area (Å²) in [6.45, 7) is 3.63. The van der Waals surface area contributed by atoms with Gasteiger partial charge in [-0.25, -0.2) is 0 Å². The van der Waals surface area contributed by atoms with Crippen LogP contribution in [0.4, 0.5) is 5.69 Å². The lowest BCUT2D eigenvalue weighted by molar-refractivity contribution is 0.102. The van der Waals surface area contributed by atoms with Crippen molar-refractivity contribution in [1.29, 1.82) is 0 Å². The zero-order chi connectivity index (χ0) is 15.0. The van der Waals surface area contributed by atoms with Gasteiger partial charge in [-0.2, -0.15) is 0 Å². The van der Waals surface area contributed by atoms with Crippen LogP contribution in [0.15, 0.2) is 51.4 Å². The van der Waals surface area contributed by atoms with E-state index in [2.05, 4.69) is 21.2 Å². The minimum atomic E-state index is -0.156. The Morgan fingerprint density at radius 2 is 1.81 bits per heavy atom. The summed E-state index contributed by atoms with van der Waals surface area (Å²) >= 11 is 3.53. The smallest absolute Gasteiger partial charge is 0.259 e. The Balaban J connectivity index is 2.01. The maximum absolute atomic E-state index is 12.4. The number of nitrogens with one attached hydrogen (secondary N) is 1. The molecule has 0 atom stereocenters. The molecule has 1 amide bonds. The number of furan rings is 1. The van der Waals surface area contributed by atoms with E-state index < -0.39 is 0 Å². The largest absolute Gasteiger partial charge is 0.466 e. The molecule has 1 heterocycles. The second kappa shape index (κ2) is 5.37. The van der Waals surface area contributed by atoms with Crippen molar-refractivity contribution in [2.75, 3.05) is 5.32 Å². The van der Waals surface area contributed by atoms with Crippen molar-refractivity contribution in [3.05, 3.63) is 64.0 Å². The summed E-state index contributed by atoms with van der Waals surface area (Å²) in [4.78, 5) is 12.4. The summed E-state index contributed by atoms with van der Waals surface area (Å²) in [6.07, 6.45) is 0. The predicted molar refractivity (Wildman–Crippen MR) is 87.8 cm³/mol. The molecule has 0 spiro atoms. The molecule has 0 aliphatic rings. The molecule has 21 heavy (non-hydrogen) atoms. The van der Waals surface area contributed by atoms with Crippen molar-refractivity contribution in [3.63, 3.8) is 0 Å². The lowest BCUT2D eigenvalue weighted by Crippen LogP contribution is -2.12. The summed E-state index contributed by atoms with van der Waals surface area (Å²) < 4.78 is 6.42. The third-order valence-corrected chi connectivity index (χ3v) is 4.10. The highest BCUT2D eigenvalue weighted by molar-refractivity contribution is 9.10. The van der Waals surface area contributed by atoms with Gasteiger partial charge in [0.15, 0.2) is 0 Å². The SMILES string of the molecule is Cc1cc(C(=O)Nc2ccc(Br)c3ccccc23)c(C)o1. The van der Waals surface area contributed by atoms with Gasteiger partial charge in [0.2, 0.25) is 0 Å². The fourth-order valence-corrected chi connectivity index (χ4v) is 2.90. The first-order valence-corrected chi connectivity index (χ1v) is 7.41. The first-order valence-electron chi connectivity index (χ1n) is 6.62. The highest BCUT2D eigenvalue weighted by Crippen LogP contribution is 2.30. The van der Waals surface area contributed by atoms with Crippen LogP contribution < -0.4 is 5.32 Å². The van der Waals surface area contributed by atoms with Crippen LogP contribution in [0.5, 0.6) is 0 Å². The fourth-order valence-electron chi connectivity index (χ4n) is 2.42. The van der Waals surface area contributed by atoms with Crippen LogP contribution in [-0.2, 0) is 0 Å². The van der Waals surface area contributed by atoms with Crippen LogP contribution in [0.2, 0.25) is 0 Å². The zero-order valence-corrected chi connectivity index (χ0v) is 13.3. The molecule has 0 fully saturated rings. The van der Waals surface area contributed by atoms with Crippen molar-refractivity contribution >= 4 is 38.3 Å².